The van der Waals surface area contributed by atoms with Crippen molar-refractivity contribution in [2.24, 2.45) is 5.73 Å². The first-order chi connectivity index (χ1) is 6.29. The Kier molecular flexibility index (Phi) is 5.94. The Hall–Kier alpha value is -1.04. The molecule has 0 aromatic heterocycles. The molecule has 0 saturated heterocycles. The van der Waals surface area contributed by atoms with E-state index < -0.39 is 0 Å². The molecule has 1 aromatic rings. The fourth-order valence-corrected chi connectivity index (χ4v) is 1.39. The molecule has 0 aliphatic carbocycles. The lowest BCUT2D eigenvalue weighted by Gasteiger charge is -2.11. The van der Waals surface area contributed by atoms with Crippen LogP contribution in [0, 0.1) is 11.3 Å². The summed E-state index contributed by atoms with van der Waals surface area (Å²) in [6.07, 6.45) is 1.97. The van der Waals surface area contributed by atoms with Gasteiger partial charge in [0.05, 0.1) is 11.6 Å². The Bertz CT molecular complexity index is 317. The van der Waals surface area contributed by atoms with E-state index in [1.54, 1.807) is 0 Å². The molecule has 1 unspecified atom stereocenters. The highest BCUT2D eigenvalue weighted by molar-refractivity contribution is 5.85. The molecule has 1 aromatic carbocycles. The summed E-state index contributed by atoms with van der Waals surface area (Å²) in [6.45, 7) is 2.09. The van der Waals surface area contributed by atoms with E-state index in [4.69, 9.17) is 11.0 Å². The van der Waals surface area contributed by atoms with Crippen LogP contribution in [0.3, 0.4) is 0 Å². The van der Waals surface area contributed by atoms with Gasteiger partial charge in [-0.25, -0.2) is 0 Å². The minimum atomic E-state index is 0. The highest BCUT2D eigenvalue weighted by atomic mass is 35.5. The molecule has 0 spiro atoms. The maximum Gasteiger partial charge on any atom is 0.0995 e. The van der Waals surface area contributed by atoms with E-state index in [1.807, 2.05) is 24.3 Å². The normalized spacial score (nSPS) is 11.2. The summed E-state index contributed by atoms with van der Waals surface area (Å²) in [4.78, 5) is 0. The van der Waals surface area contributed by atoms with Crippen LogP contribution in [0.1, 0.15) is 36.9 Å². The fourth-order valence-electron chi connectivity index (χ4n) is 1.39. The van der Waals surface area contributed by atoms with Crippen LogP contribution in [0.5, 0.6) is 0 Å². The van der Waals surface area contributed by atoms with Crippen molar-refractivity contribution in [2.45, 2.75) is 25.8 Å². The predicted octanol–water partition coefficient (Wildman–Crippen LogP) is 2.78. The molecule has 76 valence electrons. The maximum atomic E-state index is 8.83. The molecule has 1 atom stereocenters. The lowest BCUT2D eigenvalue weighted by molar-refractivity contribution is 0.637. The molecule has 2 nitrogen and oxygen atoms in total. The smallest absolute Gasteiger partial charge is 0.0995 e. The predicted molar refractivity (Wildman–Crippen MR) is 60.2 cm³/mol. The second-order valence-electron chi connectivity index (χ2n) is 3.09. The van der Waals surface area contributed by atoms with Gasteiger partial charge in [0.15, 0.2) is 0 Å². The standard InChI is InChI=1S/C11H14N2.ClH/c1-2-5-11(13)10-7-4-3-6-9(10)8-12;/h3-4,6-7,11H,2,5,13H2,1H3;1H. The second kappa shape index (κ2) is 6.42. The van der Waals surface area contributed by atoms with Crippen LogP contribution >= 0.6 is 12.4 Å². The number of hydrogen-bond donors (Lipinski definition) is 1. The van der Waals surface area contributed by atoms with Gasteiger partial charge in [0.1, 0.15) is 0 Å². The highest BCUT2D eigenvalue weighted by Gasteiger charge is 2.08. The van der Waals surface area contributed by atoms with Crippen LogP contribution in [0.2, 0.25) is 0 Å². The van der Waals surface area contributed by atoms with Gasteiger partial charge in [-0.15, -0.1) is 12.4 Å². The lowest BCUT2D eigenvalue weighted by atomic mass is 9.98. The third kappa shape index (κ3) is 3.02. The molecule has 0 radical (unpaired) electrons. The molecule has 1 rings (SSSR count). The van der Waals surface area contributed by atoms with Gasteiger partial charge in [-0.2, -0.15) is 5.26 Å². The zero-order chi connectivity index (χ0) is 9.68. The van der Waals surface area contributed by atoms with Crippen LogP contribution < -0.4 is 5.73 Å². The molecule has 0 fully saturated rings. The molecule has 2 N–H and O–H groups in total. The number of halogens is 1. The molecule has 3 heteroatoms. The van der Waals surface area contributed by atoms with E-state index in [9.17, 15) is 0 Å². The summed E-state index contributed by atoms with van der Waals surface area (Å²) in [7, 11) is 0. The van der Waals surface area contributed by atoms with Crippen LogP contribution in [-0.2, 0) is 0 Å². The second-order valence-corrected chi connectivity index (χ2v) is 3.09. The van der Waals surface area contributed by atoms with E-state index in [0.717, 1.165) is 18.4 Å². The van der Waals surface area contributed by atoms with Crippen molar-refractivity contribution in [1.82, 2.24) is 0 Å². The topological polar surface area (TPSA) is 49.8 Å². The zero-order valence-corrected chi connectivity index (χ0v) is 9.05. The van der Waals surface area contributed by atoms with Crippen LogP contribution in [0.4, 0.5) is 0 Å². The Labute approximate surface area is 91.1 Å². The van der Waals surface area contributed by atoms with E-state index in [0.29, 0.717) is 5.56 Å². The SMILES string of the molecule is CCCC(N)c1ccccc1C#N.Cl. The third-order valence-electron chi connectivity index (χ3n) is 2.08. The summed E-state index contributed by atoms with van der Waals surface area (Å²) in [5, 5.41) is 8.83. The van der Waals surface area contributed by atoms with Crippen LogP contribution in [0.25, 0.3) is 0 Å². The van der Waals surface area contributed by atoms with Gasteiger partial charge in [-0.3, -0.25) is 0 Å². The van der Waals surface area contributed by atoms with Crippen molar-refractivity contribution in [3.63, 3.8) is 0 Å². The van der Waals surface area contributed by atoms with Gasteiger partial charge in [-0.1, -0.05) is 31.5 Å². The molecular formula is C11H15ClN2. The molecule has 0 bridgehead atoms. The summed E-state index contributed by atoms with van der Waals surface area (Å²) >= 11 is 0. The van der Waals surface area contributed by atoms with E-state index in [2.05, 4.69) is 13.0 Å². The molecule has 0 saturated carbocycles. The molecule has 0 aliphatic rings. The fraction of sp³-hybridized carbons (Fsp3) is 0.364. The summed E-state index contributed by atoms with van der Waals surface area (Å²) < 4.78 is 0. The molecular weight excluding hydrogens is 196 g/mol. The molecule has 0 amide bonds. The Morgan fingerprint density at radius 2 is 2.07 bits per heavy atom. The Morgan fingerprint density at radius 1 is 1.43 bits per heavy atom. The van der Waals surface area contributed by atoms with Crippen molar-refractivity contribution in [3.8, 4) is 6.07 Å². The summed E-state index contributed by atoms with van der Waals surface area (Å²) in [5.41, 5.74) is 7.59. The lowest BCUT2D eigenvalue weighted by Crippen LogP contribution is -2.11. The number of benzene rings is 1. The van der Waals surface area contributed by atoms with Crippen LogP contribution in [0.15, 0.2) is 24.3 Å². The first-order valence-corrected chi connectivity index (χ1v) is 4.54. The van der Waals surface area contributed by atoms with Crippen molar-refractivity contribution in [1.29, 1.82) is 5.26 Å². The summed E-state index contributed by atoms with van der Waals surface area (Å²) in [6, 6.07) is 9.68. The zero-order valence-electron chi connectivity index (χ0n) is 8.23. The largest absolute Gasteiger partial charge is 0.324 e. The van der Waals surface area contributed by atoms with Gasteiger partial charge in [0, 0.05) is 6.04 Å². The van der Waals surface area contributed by atoms with Crippen molar-refractivity contribution < 1.29 is 0 Å². The van der Waals surface area contributed by atoms with E-state index in [-0.39, 0.29) is 18.4 Å². The molecule has 0 aliphatic heterocycles. The number of nitriles is 1. The first kappa shape index (κ1) is 13.0. The Balaban J connectivity index is 0.00000169. The number of hydrogen-bond acceptors (Lipinski definition) is 2. The average molecular weight is 211 g/mol. The summed E-state index contributed by atoms with van der Waals surface area (Å²) in [5.74, 6) is 0. The van der Waals surface area contributed by atoms with Crippen LogP contribution in [-0.4, -0.2) is 0 Å². The highest BCUT2D eigenvalue weighted by Crippen LogP contribution is 2.18. The van der Waals surface area contributed by atoms with Gasteiger partial charge in [0.2, 0.25) is 0 Å². The van der Waals surface area contributed by atoms with Crippen molar-refractivity contribution >= 4 is 12.4 Å². The first-order valence-electron chi connectivity index (χ1n) is 4.54. The van der Waals surface area contributed by atoms with Gasteiger partial charge in [0.25, 0.3) is 0 Å². The number of nitrogens with two attached hydrogens (primary N) is 1. The quantitative estimate of drug-likeness (QED) is 0.834. The third-order valence-corrected chi connectivity index (χ3v) is 2.08. The van der Waals surface area contributed by atoms with E-state index in [1.165, 1.54) is 0 Å². The minimum Gasteiger partial charge on any atom is -0.324 e. The van der Waals surface area contributed by atoms with Gasteiger partial charge >= 0.3 is 0 Å². The average Bonchev–Trinajstić information content (AvgIpc) is 2.18. The van der Waals surface area contributed by atoms with Crippen molar-refractivity contribution in [2.75, 3.05) is 0 Å². The minimum absolute atomic E-state index is 0. The monoisotopic (exact) mass is 210 g/mol. The van der Waals surface area contributed by atoms with E-state index >= 15 is 0 Å². The maximum absolute atomic E-state index is 8.83. The van der Waals surface area contributed by atoms with Gasteiger partial charge in [-0.05, 0) is 18.1 Å². The number of nitrogens with zero attached hydrogens (tertiary/aromatic N) is 1. The number of rotatable bonds is 3. The Morgan fingerprint density at radius 3 is 2.64 bits per heavy atom. The molecule has 14 heavy (non-hydrogen) atoms. The van der Waals surface area contributed by atoms with Gasteiger partial charge < -0.3 is 5.73 Å². The van der Waals surface area contributed by atoms with Crippen molar-refractivity contribution in [3.05, 3.63) is 35.4 Å². The molecule has 0 heterocycles.